The summed E-state index contributed by atoms with van der Waals surface area (Å²) in [7, 11) is 0. The molecule has 2 heterocycles. The Labute approximate surface area is 119 Å². The number of hydrogen-bond acceptors (Lipinski definition) is 2. The molecule has 3 rings (SSSR count). The Hall–Kier alpha value is -1.26. The molecule has 5 nitrogen and oxygen atoms in total. The molecule has 0 aromatic carbocycles. The molecule has 3 aliphatic rings. The van der Waals surface area contributed by atoms with Crippen molar-refractivity contribution >= 4 is 12.0 Å². The number of hydrogen-bond donors (Lipinski definition) is 1. The van der Waals surface area contributed by atoms with Crippen LogP contribution in [-0.2, 0) is 4.79 Å². The van der Waals surface area contributed by atoms with Gasteiger partial charge in [-0.3, -0.25) is 4.79 Å². The predicted octanol–water partition coefficient (Wildman–Crippen LogP) is 2.17. The molecule has 5 heteroatoms. The molecule has 0 radical (unpaired) electrons. The summed E-state index contributed by atoms with van der Waals surface area (Å²) in [6.45, 7) is 2.25. The fraction of sp³-hybridized carbons (Fsp3) is 0.867. The molecule has 2 amide bonds. The number of rotatable bonds is 2. The molecule has 3 unspecified atom stereocenters. The number of carboxylic acid groups (broad SMARTS) is 1. The second kappa shape index (κ2) is 5.62. The summed E-state index contributed by atoms with van der Waals surface area (Å²) in [5.41, 5.74) is 0. The van der Waals surface area contributed by atoms with Crippen LogP contribution in [0.1, 0.15) is 44.9 Å². The van der Waals surface area contributed by atoms with Crippen LogP contribution in [0.4, 0.5) is 4.79 Å². The van der Waals surface area contributed by atoms with Gasteiger partial charge in [0.05, 0.1) is 0 Å². The second-order valence-corrected chi connectivity index (χ2v) is 6.58. The van der Waals surface area contributed by atoms with Crippen molar-refractivity contribution in [3.8, 4) is 0 Å². The van der Waals surface area contributed by atoms with Gasteiger partial charge in [-0.15, -0.1) is 0 Å². The maximum atomic E-state index is 12.6. The van der Waals surface area contributed by atoms with Crippen molar-refractivity contribution < 1.29 is 14.7 Å². The lowest BCUT2D eigenvalue weighted by atomic mass is 9.85. The Bertz CT molecular complexity index is 399. The van der Waals surface area contributed by atoms with E-state index in [1.54, 1.807) is 0 Å². The summed E-state index contributed by atoms with van der Waals surface area (Å²) < 4.78 is 0. The lowest BCUT2D eigenvalue weighted by molar-refractivity contribution is -0.138. The van der Waals surface area contributed by atoms with E-state index in [1.165, 1.54) is 19.3 Å². The molecule has 112 valence electrons. The molecule has 1 saturated carbocycles. The molecule has 2 aliphatic heterocycles. The quantitative estimate of drug-likeness (QED) is 0.843. The second-order valence-electron chi connectivity index (χ2n) is 6.58. The summed E-state index contributed by atoms with van der Waals surface area (Å²) in [4.78, 5) is 27.4. The van der Waals surface area contributed by atoms with Crippen LogP contribution in [0.2, 0.25) is 0 Å². The highest BCUT2D eigenvalue weighted by molar-refractivity contribution is 5.76. The van der Waals surface area contributed by atoms with Gasteiger partial charge in [-0.05, 0) is 37.5 Å². The van der Waals surface area contributed by atoms with Gasteiger partial charge in [-0.2, -0.15) is 0 Å². The van der Waals surface area contributed by atoms with Gasteiger partial charge < -0.3 is 14.9 Å². The number of amides is 2. The summed E-state index contributed by atoms with van der Waals surface area (Å²) >= 11 is 0. The normalized spacial score (nSPS) is 33.3. The van der Waals surface area contributed by atoms with Gasteiger partial charge in [0, 0.05) is 32.1 Å². The van der Waals surface area contributed by atoms with E-state index in [2.05, 4.69) is 4.90 Å². The number of carbonyl (C=O) groups excluding carboxylic acids is 1. The third-order valence-corrected chi connectivity index (χ3v) is 5.28. The van der Waals surface area contributed by atoms with E-state index in [1.807, 2.05) is 4.90 Å². The van der Waals surface area contributed by atoms with Gasteiger partial charge in [0.1, 0.15) is 0 Å². The molecule has 3 atom stereocenters. The van der Waals surface area contributed by atoms with Gasteiger partial charge in [-0.1, -0.05) is 12.8 Å². The molecule has 1 N–H and O–H groups in total. The van der Waals surface area contributed by atoms with E-state index < -0.39 is 5.97 Å². The number of nitrogens with zero attached hydrogens (tertiary/aromatic N) is 2. The third-order valence-electron chi connectivity index (χ3n) is 5.28. The van der Waals surface area contributed by atoms with Crippen molar-refractivity contribution in [3.63, 3.8) is 0 Å². The van der Waals surface area contributed by atoms with Crippen LogP contribution in [0.15, 0.2) is 0 Å². The van der Waals surface area contributed by atoms with Crippen molar-refractivity contribution in [2.75, 3.05) is 19.6 Å². The molecule has 0 aromatic rings. The number of aliphatic carboxylic acids is 1. The molecule has 0 bridgehead atoms. The average Bonchev–Trinajstić information content (AvgIpc) is 3.03. The first-order valence-corrected chi connectivity index (χ1v) is 7.92. The minimum absolute atomic E-state index is 0.140. The molecule has 20 heavy (non-hydrogen) atoms. The molecule has 0 aromatic heterocycles. The van der Waals surface area contributed by atoms with Crippen molar-refractivity contribution in [1.29, 1.82) is 0 Å². The zero-order valence-corrected chi connectivity index (χ0v) is 12.0. The zero-order valence-electron chi connectivity index (χ0n) is 12.0. The van der Waals surface area contributed by atoms with E-state index >= 15 is 0 Å². The Kier molecular flexibility index (Phi) is 3.85. The van der Waals surface area contributed by atoms with Crippen LogP contribution in [0, 0.1) is 11.8 Å². The lowest BCUT2D eigenvalue weighted by Crippen LogP contribution is -2.46. The number of carboxylic acids is 1. The van der Waals surface area contributed by atoms with Crippen molar-refractivity contribution in [2.24, 2.45) is 11.8 Å². The minimum atomic E-state index is -0.752. The van der Waals surface area contributed by atoms with Crippen LogP contribution in [0.25, 0.3) is 0 Å². The monoisotopic (exact) mass is 280 g/mol. The fourth-order valence-electron chi connectivity index (χ4n) is 4.24. The van der Waals surface area contributed by atoms with Crippen LogP contribution < -0.4 is 0 Å². The smallest absolute Gasteiger partial charge is 0.320 e. The van der Waals surface area contributed by atoms with Gasteiger partial charge in [0.2, 0.25) is 0 Å². The summed E-state index contributed by atoms with van der Waals surface area (Å²) in [5.74, 6) is 0.101. The minimum Gasteiger partial charge on any atom is -0.481 e. The number of carbonyl (C=O) groups is 2. The maximum Gasteiger partial charge on any atom is 0.320 e. The molecule has 0 spiro atoms. The molecule has 1 aliphatic carbocycles. The Morgan fingerprint density at radius 2 is 1.85 bits per heavy atom. The van der Waals surface area contributed by atoms with Crippen LogP contribution >= 0.6 is 0 Å². The summed E-state index contributed by atoms with van der Waals surface area (Å²) in [6.07, 6.45) is 7.16. The first-order chi connectivity index (χ1) is 9.65. The van der Waals surface area contributed by atoms with E-state index in [9.17, 15) is 9.59 Å². The fourth-order valence-corrected chi connectivity index (χ4v) is 4.24. The summed E-state index contributed by atoms with van der Waals surface area (Å²) in [5, 5.41) is 8.85. The molecular formula is C15H24N2O3. The van der Waals surface area contributed by atoms with Crippen molar-refractivity contribution in [1.82, 2.24) is 9.80 Å². The predicted molar refractivity (Wildman–Crippen MR) is 74.4 cm³/mol. The topological polar surface area (TPSA) is 60.9 Å². The first-order valence-electron chi connectivity index (χ1n) is 7.92. The summed E-state index contributed by atoms with van der Waals surface area (Å²) in [6, 6.07) is 0.613. The van der Waals surface area contributed by atoms with E-state index in [0.29, 0.717) is 18.5 Å². The zero-order chi connectivity index (χ0) is 14.1. The van der Waals surface area contributed by atoms with Gasteiger partial charge in [0.15, 0.2) is 0 Å². The standard InChI is InChI=1S/C15H24N2O3/c18-14(19)9-11-5-7-16(10-11)15(20)17-8-6-12-3-1-2-4-13(12)17/h11-13H,1-10H2,(H,18,19). The van der Waals surface area contributed by atoms with Crippen LogP contribution in [0.5, 0.6) is 0 Å². The molecule has 2 saturated heterocycles. The highest BCUT2D eigenvalue weighted by Gasteiger charge is 2.41. The molecule has 3 fully saturated rings. The highest BCUT2D eigenvalue weighted by atomic mass is 16.4. The van der Waals surface area contributed by atoms with Gasteiger partial charge >= 0.3 is 12.0 Å². The van der Waals surface area contributed by atoms with Crippen molar-refractivity contribution in [3.05, 3.63) is 0 Å². The maximum absolute atomic E-state index is 12.6. The molecular weight excluding hydrogens is 256 g/mol. The third kappa shape index (κ3) is 2.63. The van der Waals surface area contributed by atoms with E-state index in [0.717, 1.165) is 32.4 Å². The Morgan fingerprint density at radius 3 is 2.65 bits per heavy atom. The first kappa shape index (κ1) is 13.7. The number of urea groups is 1. The SMILES string of the molecule is O=C(O)CC1CCN(C(=O)N2CCC3CCCCC32)C1. The van der Waals surface area contributed by atoms with Gasteiger partial charge in [0.25, 0.3) is 0 Å². The Morgan fingerprint density at radius 1 is 1.05 bits per heavy atom. The van der Waals surface area contributed by atoms with E-state index in [4.69, 9.17) is 5.11 Å². The van der Waals surface area contributed by atoms with Crippen LogP contribution in [-0.4, -0.2) is 52.6 Å². The van der Waals surface area contributed by atoms with Crippen molar-refractivity contribution in [2.45, 2.75) is 51.0 Å². The van der Waals surface area contributed by atoms with Gasteiger partial charge in [-0.25, -0.2) is 4.79 Å². The van der Waals surface area contributed by atoms with E-state index in [-0.39, 0.29) is 18.4 Å². The number of fused-ring (bicyclic) bond motifs is 1. The largest absolute Gasteiger partial charge is 0.481 e. The number of likely N-dealkylation sites (tertiary alicyclic amines) is 2. The Balaban J connectivity index is 1.58. The highest BCUT2D eigenvalue weighted by Crippen LogP contribution is 2.37. The average molecular weight is 280 g/mol. The van der Waals surface area contributed by atoms with Crippen LogP contribution in [0.3, 0.4) is 0 Å². The lowest BCUT2D eigenvalue weighted by Gasteiger charge is -2.34.